The zero-order valence-electron chi connectivity index (χ0n) is 24.1. The Kier molecular flexibility index (Phi) is 3.56. The number of alkyl halides is 3. The van der Waals surface area contributed by atoms with Crippen LogP contribution in [0.25, 0.3) is 11.3 Å². The van der Waals surface area contributed by atoms with E-state index < -0.39 is 74.1 Å². The van der Waals surface area contributed by atoms with Gasteiger partial charge in [-0.25, -0.2) is 12.8 Å². The maximum atomic E-state index is 14.6. The third-order valence-electron chi connectivity index (χ3n) is 5.35. The van der Waals surface area contributed by atoms with Crippen molar-refractivity contribution in [1.29, 1.82) is 0 Å². The van der Waals surface area contributed by atoms with Crippen LogP contribution in [0, 0.1) is 11.7 Å². The lowest BCUT2D eigenvalue weighted by atomic mass is 9.92. The van der Waals surface area contributed by atoms with E-state index in [2.05, 4.69) is 10.1 Å². The minimum absolute atomic E-state index is 0.0286. The van der Waals surface area contributed by atoms with Crippen LogP contribution >= 0.6 is 0 Å². The van der Waals surface area contributed by atoms with Crippen LogP contribution in [0.15, 0.2) is 47.6 Å². The Morgan fingerprint density at radius 1 is 1.12 bits per heavy atom. The molecule has 0 amide bonds. The Balaban J connectivity index is 1.88. The van der Waals surface area contributed by atoms with Gasteiger partial charge in [0.05, 0.1) is 30.5 Å². The molecule has 2 aromatic heterocycles. The number of benzene rings is 1. The third-order valence-corrected chi connectivity index (χ3v) is 7.04. The molecular formula is C23H22F4N4O2S. The van der Waals surface area contributed by atoms with Gasteiger partial charge in [0.25, 0.3) is 10.0 Å². The van der Waals surface area contributed by atoms with Crippen molar-refractivity contribution < 1.29 is 34.2 Å². The lowest BCUT2D eigenvalue weighted by Crippen LogP contribution is -2.39. The smallest absolute Gasteiger partial charge is 0.259 e. The van der Waals surface area contributed by atoms with Crippen molar-refractivity contribution in [3.05, 3.63) is 59.8 Å². The van der Waals surface area contributed by atoms with E-state index in [-0.39, 0.29) is 15.6 Å². The van der Waals surface area contributed by atoms with Gasteiger partial charge in [-0.2, -0.15) is 18.3 Å². The molecule has 3 heterocycles. The van der Waals surface area contributed by atoms with E-state index in [4.69, 9.17) is 6.85 Å². The topological polar surface area (TPSA) is 68.1 Å². The Hall–Kier alpha value is -2.95. The first-order valence-electron chi connectivity index (χ1n) is 13.0. The van der Waals surface area contributed by atoms with Crippen LogP contribution in [0.1, 0.15) is 59.0 Å². The van der Waals surface area contributed by atoms with Crippen LogP contribution in [0.2, 0.25) is 0 Å². The van der Waals surface area contributed by atoms with Crippen LogP contribution in [0.5, 0.6) is 0 Å². The highest BCUT2D eigenvalue weighted by molar-refractivity contribution is 7.92. The molecule has 0 saturated heterocycles. The molecule has 34 heavy (non-hydrogen) atoms. The van der Waals surface area contributed by atoms with Gasteiger partial charge in [-0.1, -0.05) is 0 Å². The highest BCUT2D eigenvalue weighted by Crippen LogP contribution is 2.55. The van der Waals surface area contributed by atoms with Crippen LogP contribution in [0.4, 0.5) is 23.2 Å². The van der Waals surface area contributed by atoms with E-state index in [1.807, 2.05) is 0 Å². The van der Waals surface area contributed by atoms with Gasteiger partial charge in [0.1, 0.15) is 16.4 Å². The summed E-state index contributed by atoms with van der Waals surface area (Å²) in [6.45, 7) is 5.11. The first-order chi connectivity index (χ1) is 18.1. The maximum Gasteiger partial charge on any atom is 0.433 e. The molecule has 0 unspecified atom stereocenters. The number of sulfonamides is 1. The van der Waals surface area contributed by atoms with Crippen LogP contribution in [-0.2, 0) is 21.7 Å². The fourth-order valence-corrected chi connectivity index (χ4v) is 5.32. The second kappa shape index (κ2) is 7.27. The molecule has 0 bridgehead atoms. The van der Waals surface area contributed by atoms with E-state index >= 15 is 0 Å². The molecule has 0 radical (unpaired) electrons. The lowest BCUT2D eigenvalue weighted by molar-refractivity contribution is -0.141. The highest BCUT2D eigenvalue weighted by atomic mass is 32.2. The summed E-state index contributed by atoms with van der Waals surface area (Å²) >= 11 is 0. The van der Waals surface area contributed by atoms with E-state index in [1.165, 1.54) is 4.68 Å². The average Bonchev–Trinajstić information content (AvgIpc) is 3.17. The van der Waals surface area contributed by atoms with Gasteiger partial charge in [0, 0.05) is 24.2 Å². The van der Waals surface area contributed by atoms with Gasteiger partial charge in [0.2, 0.25) is 0 Å². The van der Waals surface area contributed by atoms with E-state index in [0.29, 0.717) is 18.3 Å². The van der Waals surface area contributed by atoms with Crippen molar-refractivity contribution in [1.82, 2.24) is 14.8 Å². The number of nitrogens with zero attached hydrogens (tertiary/aromatic N) is 4. The Morgan fingerprint density at radius 3 is 2.38 bits per heavy atom. The third kappa shape index (κ3) is 3.57. The molecule has 0 spiro atoms. The SMILES string of the molecule is [2H]C1([2H])C([2H])([2H])C1([2H])[C@]1([2H])c2cnn(C(C)(C)C)c2-c2cc(F)ccc2N1S(=O)(=O)c1ccc(C(F)(F)F)nc1. The summed E-state index contributed by atoms with van der Waals surface area (Å²) in [5.41, 5.74) is -3.21. The second-order valence-corrected chi connectivity index (χ2v) is 10.6. The van der Waals surface area contributed by atoms with Crippen molar-refractivity contribution in [3.63, 3.8) is 0 Å². The molecule has 1 aliphatic carbocycles. The summed E-state index contributed by atoms with van der Waals surface area (Å²) in [5.74, 6) is -3.92. The Morgan fingerprint density at radius 2 is 1.82 bits per heavy atom. The summed E-state index contributed by atoms with van der Waals surface area (Å²) in [6, 6.07) is 0.688. The minimum Gasteiger partial charge on any atom is -0.259 e. The summed E-state index contributed by atoms with van der Waals surface area (Å²) in [7, 11) is -5.17. The molecule has 1 fully saturated rings. The Labute approximate surface area is 202 Å². The quantitative estimate of drug-likeness (QED) is 0.444. The van der Waals surface area contributed by atoms with Gasteiger partial charge in [0.15, 0.2) is 0 Å². The molecule has 1 atom stereocenters. The fourth-order valence-electron chi connectivity index (χ4n) is 3.84. The monoisotopic (exact) mass is 500 g/mol. The number of rotatable bonds is 3. The van der Waals surface area contributed by atoms with Crippen molar-refractivity contribution >= 4 is 15.7 Å². The van der Waals surface area contributed by atoms with Crippen molar-refractivity contribution in [3.8, 4) is 11.3 Å². The molecule has 3 aromatic rings. The van der Waals surface area contributed by atoms with Crippen LogP contribution in [0.3, 0.4) is 0 Å². The standard InChI is InChI=1S/C23H22F4N4O2S/c1-22(2,3)31-21-16-10-14(24)6-8-18(16)30(20(13-4-5-13)17(21)12-29-31)34(32,33)15-7-9-19(28-11-15)23(25,26)27/h6-13,20H,4-5H2,1-3H3/t20-/m1/s1/i4D2,5D2,13D,20D. The van der Waals surface area contributed by atoms with Gasteiger partial charge >= 0.3 is 6.18 Å². The number of pyridine rings is 1. The van der Waals surface area contributed by atoms with Gasteiger partial charge in [-0.3, -0.25) is 14.0 Å². The summed E-state index contributed by atoms with van der Waals surface area (Å²) in [6.07, 6.45) is -9.60. The first kappa shape index (κ1) is 16.6. The molecule has 11 heteroatoms. The average molecular weight is 501 g/mol. The number of hydrogen-bond acceptors (Lipinski definition) is 4. The largest absolute Gasteiger partial charge is 0.433 e. The zero-order valence-corrected chi connectivity index (χ0v) is 18.9. The van der Waals surface area contributed by atoms with Crippen molar-refractivity contribution in [2.75, 3.05) is 4.31 Å². The van der Waals surface area contributed by atoms with Crippen LogP contribution in [-0.4, -0.2) is 23.2 Å². The Bertz CT molecular complexity index is 1640. The van der Waals surface area contributed by atoms with E-state index in [1.54, 1.807) is 20.8 Å². The zero-order chi connectivity index (χ0) is 30.1. The summed E-state index contributed by atoms with van der Waals surface area (Å²) in [5, 5.41) is 4.24. The lowest BCUT2D eigenvalue weighted by Gasteiger charge is -2.39. The van der Waals surface area contributed by atoms with Gasteiger partial charge < -0.3 is 0 Å². The molecule has 5 rings (SSSR count). The number of halogens is 4. The molecule has 0 N–H and O–H groups in total. The maximum absolute atomic E-state index is 14.6. The predicted molar refractivity (Wildman–Crippen MR) is 117 cm³/mol. The summed E-state index contributed by atoms with van der Waals surface area (Å²) < 4.78 is 136. The van der Waals surface area contributed by atoms with Crippen molar-refractivity contribution in [2.24, 2.45) is 5.89 Å². The number of hydrogen-bond donors (Lipinski definition) is 0. The molecule has 1 aromatic carbocycles. The first-order valence-corrected chi connectivity index (χ1v) is 11.5. The van der Waals surface area contributed by atoms with Crippen molar-refractivity contribution in [2.45, 2.75) is 56.1 Å². The predicted octanol–water partition coefficient (Wildman–Crippen LogP) is 5.52. The molecule has 2 aliphatic rings. The highest BCUT2D eigenvalue weighted by Gasteiger charge is 2.48. The number of anilines is 1. The number of fused-ring (bicyclic) bond motifs is 3. The molecular weight excluding hydrogens is 472 g/mol. The second-order valence-electron chi connectivity index (χ2n) is 8.77. The normalized spacial score (nSPS) is 27.2. The van der Waals surface area contributed by atoms with Gasteiger partial charge in [-0.15, -0.1) is 0 Å². The summed E-state index contributed by atoms with van der Waals surface area (Å²) in [4.78, 5) is 2.34. The van der Waals surface area contributed by atoms with Gasteiger partial charge in [-0.05, 0) is 69.7 Å². The minimum atomic E-state index is -5.17. The fraction of sp³-hybridized carbons (Fsp3) is 0.391. The van der Waals surface area contributed by atoms with Crippen LogP contribution < -0.4 is 4.31 Å². The number of aromatic nitrogens is 3. The molecule has 180 valence electrons. The van der Waals surface area contributed by atoms with E-state index in [9.17, 15) is 27.4 Å². The molecule has 6 nitrogen and oxygen atoms in total. The van der Waals surface area contributed by atoms with E-state index in [0.717, 1.165) is 24.4 Å². The molecule has 1 aliphatic heterocycles. The molecule has 1 saturated carbocycles.